The van der Waals surface area contributed by atoms with Crippen molar-refractivity contribution in [1.29, 1.82) is 0 Å². The molecule has 0 saturated carbocycles. The summed E-state index contributed by atoms with van der Waals surface area (Å²) in [7, 11) is 2.97. The lowest BCUT2D eigenvalue weighted by Crippen LogP contribution is -2.37. The van der Waals surface area contributed by atoms with E-state index in [0.29, 0.717) is 55.6 Å². The molecular formula is C25H24F3N3O5. The van der Waals surface area contributed by atoms with E-state index in [0.717, 1.165) is 0 Å². The number of hydrogen-bond acceptors (Lipinski definition) is 7. The van der Waals surface area contributed by atoms with Crippen LogP contribution in [0.25, 0.3) is 32.6 Å². The van der Waals surface area contributed by atoms with Gasteiger partial charge in [0.05, 0.1) is 37.2 Å². The van der Waals surface area contributed by atoms with Gasteiger partial charge < -0.3 is 23.5 Å². The Kier molecular flexibility index (Phi) is 6.03. The minimum Gasteiger partial charge on any atom is -0.493 e. The van der Waals surface area contributed by atoms with Gasteiger partial charge in [-0.3, -0.25) is 14.7 Å². The first-order valence-electron chi connectivity index (χ1n) is 11.3. The number of likely N-dealkylation sites (N-methyl/N-ethyl adjacent to an activating group) is 1. The second-order valence-corrected chi connectivity index (χ2v) is 8.44. The Labute approximate surface area is 203 Å². The summed E-state index contributed by atoms with van der Waals surface area (Å²) >= 11 is 0. The molecule has 8 nitrogen and oxygen atoms in total. The molecule has 1 aliphatic rings. The van der Waals surface area contributed by atoms with E-state index in [1.807, 2.05) is 0 Å². The molecule has 36 heavy (non-hydrogen) atoms. The number of benzene rings is 2. The molecule has 0 aliphatic carbocycles. The van der Waals surface area contributed by atoms with Gasteiger partial charge in [0.15, 0.2) is 23.0 Å². The van der Waals surface area contributed by atoms with Crippen molar-refractivity contribution in [3.63, 3.8) is 0 Å². The molecule has 0 fully saturated rings. The van der Waals surface area contributed by atoms with Crippen molar-refractivity contribution in [3.05, 3.63) is 40.8 Å². The number of nitrogens with zero attached hydrogens (tertiary/aromatic N) is 3. The van der Waals surface area contributed by atoms with Crippen LogP contribution in [0.1, 0.15) is 6.92 Å². The van der Waals surface area contributed by atoms with Crippen LogP contribution in [0.2, 0.25) is 0 Å². The third-order valence-corrected chi connectivity index (χ3v) is 6.38. The number of fused-ring (bicyclic) bond motifs is 6. The maximum Gasteiger partial charge on any atom is 0.401 e. The number of aromatic nitrogens is 2. The molecular weight excluding hydrogens is 479 g/mol. The van der Waals surface area contributed by atoms with Gasteiger partial charge >= 0.3 is 6.18 Å². The van der Waals surface area contributed by atoms with Crippen LogP contribution < -0.4 is 24.5 Å². The molecule has 11 heteroatoms. The van der Waals surface area contributed by atoms with Gasteiger partial charge in [-0.15, -0.1) is 0 Å². The van der Waals surface area contributed by atoms with Gasteiger partial charge in [0.25, 0.3) is 5.56 Å². The van der Waals surface area contributed by atoms with Crippen LogP contribution >= 0.6 is 0 Å². The van der Waals surface area contributed by atoms with Crippen molar-refractivity contribution in [2.24, 2.45) is 0 Å². The zero-order chi connectivity index (χ0) is 25.6. The number of alkyl halides is 3. The summed E-state index contributed by atoms with van der Waals surface area (Å²) in [4.78, 5) is 19.7. The molecule has 0 amide bonds. The van der Waals surface area contributed by atoms with E-state index in [2.05, 4.69) is 4.98 Å². The van der Waals surface area contributed by atoms with Crippen molar-refractivity contribution in [1.82, 2.24) is 14.5 Å². The third-order valence-electron chi connectivity index (χ3n) is 6.38. The number of pyridine rings is 2. The monoisotopic (exact) mass is 503 g/mol. The molecule has 4 aromatic rings. The Balaban J connectivity index is 1.79. The molecule has 1 aliphatic heterocycles. The van der Waals surface area contributed by atoms with Crippen LogP contribution in [-0.4, -0.2) is 61.3 Å². The first-order valence-corrected chi connectivity index (χ1v) is 11.3. The predicted molar refractivity (Wildman–Crippen MR) is 128 cm³/mol. The van der Waals surface area contributed by atoms with Crippen molar-refractivity contribution in [2.45, 2.75) is 19.6 Å². The van der Waals surface area contributed by atoms with Gasteiger partial charge in [-0.05, 0) is 24.7 Å². The molecule has 5 rings (SSSR count). The van der Waals surface area contributed by atoms with E-state index in [9.17, 15) is 18.0 Å². The van der Waals surface area contributed by atoms with E-state index in [-0.39, 0.29) is 32.0 Å². The first kappa shape index (κ1) is 24.0. The normalized spacial score (nSPS) is 13.3. The van der Waals surface area contributed by atoms with E-state index in [1.165, 1.54) is 23.7 Å². The zero-order valence-corrected chi connectivity index (χ0v) is 19.9. The molecule has 0 N–H and O–H groups in total. The zero-order valence-electron chi connectivity index (χ0n) is 19.9. The fourth-order valence-electron chi connectivity index (χ4n) is 4.64. The number of halogens is 3. The van der Waals surface area contributed by atoms with Gasteiger partial charge in [-0.2, -0.15) is 13.2 Å². The molecule has 2 aromatic heterocycles. The summed E-state index contributed by atoms with van der Waals surface area (Å²) in [5.74, 6) is 1.86. The van der Waals surface area contributed by atoms with E-state index in [4.69, 9.17) is 18.9 Å². The smallest absolute Gasteiger partial charge is 0.401 e. The molecule has 2 aromatic carbocycles. The molecule has 3 heterocycles. The molecule has 0 atom stereocenters. The summed E-state index contributed by atoms with van der Waals surface area (Å²) in [6.45, 7) is 0.917. The maximum atomic E-state index is 13.8. The van der Waals surface area contributed by atoms with Crippen LogP contribution in [0.15, 0.2) is 35.3 Å². The Hall–Kier alpha value is -3.73. The standard InChI is InChI=1S/C25H24F3N3O5/c1-4-30(12-25(26,27)28)5-6-31-23-16-9-21-22(36-13-35-21)10-18(16)29-11-17(23)14-7-19(33-2)20(34-3)8-15(14)24(31)32/h7-11H,4-6,12-13H2,1-3H3. The molecule has 0 unspecified atom stereocenters. The second kappa shape index (κ2) is 9.05. The largest absolute Gasteiger partial charge is 0.493 e. The lowest BCUT2D eigenvalue weighted by Gasteiger charge is -2.23. The van der Waals surface area contributed by atoms with Gasteiger partial charge in [0, 0.05) is 41.5 Å². The van der Waals surface area contributed by atoms with Crippen LogP contribution in [0, 0.1) is 0 Å². The highest BCUT2D eigenvalue weighted by Gasteiger charge is 2.30. The number of ether oxygens (including phenoxy) is 4. The van der Waals surface area contributed by atoms with E-state index >= 15 is 0 Å². The quantitative estimate of drug-likeness (QED) is 0.348. The molecule has 0 spiro atoms. The highest BCUT2D eigenvalue weighted by atomic mass is 19.4. The van der Waals surface area contributed by atoms with Crippen LogP contribution in [0.4, 0.5) is 13.2 Å². The highest BCUT2D eigenvalue weighted by Crippen LogP contribution is 2.40. The highest BCUT2D eigenvalue weighted by molar-refractivity contribution is 6.15. The molecule has 0 radical (unpaired) electrons. The molecule has 0 saturated heterocycles. The second-order valence-electron chi connectivity index (χ2n) is 8.44. The van der Waals surface area contributed by atoms with Crippen LogP contribution in [-0.2, 0) is 6.54 Å². The SMILES string of the molecule is CCN(CCn1c(=O)c2cc(OC)c(OC)cc2c2cnc3cc4c(cc3c21)OCO4)CC(F)(F)F. The summed E-state index contributed by atoms with van der Waals surface area (Å²) in [5.41, 5.74) is 0.764. The minimum absolute atomic E-state index is 0.0260. The van der Waals surface area contributed by atoms with Gasteiger partial charge in [0.2, 0.25) is 6.79 Å². The Morgan fingerprint density at radius 3 is 2.31 bits per heavy atom. The predicted octanol–water partition coefficient (Wildman–Crippen LogP) is 4.33. The fourth-order valence-corrected chi connectivity index (χ4v) is 4.64. The summed E-state index contributed by atoms with van der Waals surface area (Å²) in [6, 6.07) is 6.78. The lowest BCUT2D eigenvalue weighted by atomic mass is 10.0. The summed E-state index contributed by atoms with van der Waals surface area (Å²) in [5, 5.41) is 2.22. The van der Waals surface area contributed by atoms with Crippen molar-refractivity contribution in [2.75, 3.05) is 40.6 Å². The van der Waals surface area contributed by atoms with E-state index in [1.54, 1.807) is 37.4 Å². The van der Waals surface area contributed by atoms with Crippen LogP contribution in [0.3, 0.4) is 0 Å². The third kappa shape index (κ3) is 4.13. The lowest BCUT2D eigenvalue weighted by molar-refractivity contribution is -0.145. The van der Waals surface area contributed by atoms with Crippen molar-refractivity contribution < 1.29 is 32.1 Å². The molecule has 0 bridgehead atoms. The molecule has 190 valence electrons. The maximum absolute atomic E-state index is 13.8. The van der Waals surface area contributed by atoms with Gasteiger partial charge in [-0.1, -0.05) is 6.92 Å². The fraction of sp³-hybridized carbons (Fsp3) is 0.360. The first-order chi connectivity index (χ1) is 17.2. The van der Waals surface area contributed by atoms with Crippen molar-refractivity contribution in [3.8, 4) is 23.0 Å². The van der Waals surface area contributed by atoms with Gasteiger partial charge in [0.1, 0.15) is 0 Å². The van der Waals surface area contributed by atoms with Crippen molar-refractivity contribution >= 4 is 32.6 Å². The average molecular weight is 503 g/mol. The van der Waals surface area contributed by atoms with Crippen LogP contribution in [0.5, 0.6) is 23.0 Å². The minimum atomic E-state index is -4.34. The van der Waals surface area contributed by atoms with Gasteiger partial charge in [-0.25, -0.2) is 0 Å². The summed E-state index contributed by atoms with van der Waals surface area (Å²) < 4.78 is 62.6. The number of methoxy groups -OCH3 is 2. The Bertz CT molecular complexity index is 1530. The number of rotatable bonds is 7. The topological polar surface area (TPSA) is 75.1 Å². The Morgan fingerprint density at radius 2 is 1.67 bits per heavy atom. The van der Waals surface area contributed by atoms with E-state index < -0.39 is 12.7 Å². The Morgan fingerprint density at radius 1 is 1.00 bits per heavy atom. The average Bonchev–Trinajstić information content (AvgIpc) is 3.32. The number of hydrogen-bond donors (Lipinski definition) is 0. The summed E-state index contributed by atoms with van der Waals surface area (Å²) in [6.07, 6.45) is -2.69.